The molecule has 0 fully saturated rings. The highest BCUT2D eigenvalue weighted by Crippen LogP contribution is 2.11. The first-order valence-electron chi connectivity index (χ1n) is 4.12. The Bertz CT molecular complexity index is 373. The molecule has 0 aliphatic rings. The van der Waals surface area contributed by atoms with Crippen LogP contribution in [0.1, 0.15) is 5.56 Å². The van der Waals surface area contributed by atoms with E-state index in [4.69, 9.17) is 21.4 Å². The molecule has 1 amide bonds. The third-order valence-electron chi connectivity index (χ3n) is 1.64. The van der Waals surface area contributed by atoms with Crippen molar-refractivity contribution in [3.05, 3.63) is 29.8 Å². The number of rotatable bonds is 4. The lowest BCUT2D eigenvalue weighted by molar-refractivity contribution is -0.119. The molecule has 0 heterocycles. The van der Waals surface area contributed by atoms with Crippen molar-refractivity contribution >= 4 is 11.7 Å². The van der Waals surface area contributed by atoms with Crippen LogP contribution in [0, 0.1) is 0 Å². The molecular formula is C9H11N3O3. The van der Waals surface area contributed by atoms with E-state index in [-0.39, 0.29) is 12.4 Å². The van der Waals surface area contributed by atoms with Crippen LogP contribution in [0.2, 0.25) is 0 Å². The van der Waals surface area contributed by atoms with Gasteiger partial charge in [-0.05, 0) is 24.3 Å². The quantitative estimate of drug-likeness (QED) is 0.272. The molecule has 0 spiro atoms. The maximum atomic E-state index is 10.4. The number of oxime groups is 1. The second-order valence-electron chi connectivity index (χ2n) is 2.76. The molecule has 0 saturated heterocycles. The topological polar surface area (TPSA) is 111 Å². The Hall–Kier alpha value is -2.24. The van der Waals surface area contributed by atoms with Crippen LogP contribution in [0.4, 0.5) is 0 Å². The molecule has 1 aromatic carbocycles. The average Bonchev–Trinajstić information content (AvgIpc) is 2.26. The van der Waals surface area contributed by atoms with Crippen molar-refractivity contribution in [1.29, 1.82) is 0 Å². The van der Waals surface area contributed by atoms with Gasteiger partial charge in [-0.25, -0.2) is 0 Å². The highest BCUT2D eigenvalue weighted by atomic mass is 16.5. The highest BCUT2D eigenvalue weighted by molar-refractivity contribution is 5.97. The van der Waals surface area contributed by atoms with E-state index in [1.54, 1.807) is 24.3 Å². The molecule has 6 heteroatoms. The normalized spacial score (nSPS) is 11.1. The fourth-order valence-electron chi connectivity index (χ4n) is 0.934. The number of hydrogen-bond acceptors (Lipinski definition) is 4. The van der Waals surface area contributed by atoms with Crippen molar-refractivity contribution < 1.29 is 14.7 Å². The number of carbonyl (C=O) groups is 1. The van der Waals surface area contributed by atoms with Crippen molar-refractivity contribution in [2.45, 2.75) is 0 Å². The molecule has 0 radical (unpaired) electrons. The first-order valence-corrected chi connectivity index (χ1v) is 4.12. The van der Waals surface area contributed by atoms with Crippen molar-refractivity contribution in [2.75, 3.05) is 6.61 Å². The average molecular weight is 209 g/mol. The van der Waals surface area contributed by atoms with Crippen molar-refractivity contribution in [3.8, 4) is 5.75 Å². The summed E-state index contributed by atoms with van der Waals surface area (Å²) in [5.41, 5.74) is 10.8. The number of ether oxygens (including phenoxy) is 1. The summed E-state index contributed by atoms with van der Waals surface area (Å²) in [5, 5.41) is 11.2. The van der Waals surface area contributed by atoms with Gasteiger partial charge in [0.2, 0.25) is 0 Å². The second-order valence-corrected chi connectivity index (χ2v) is 2.76. The lowest BCUT2D eigenvalue weighted by Crippen LogP contribution is -2.20. The molecule has 0 saturated carbocycles. The Morgan fingerprint density at radius 3 is 2.40 bits per heavy atom. The summed E-state index contributed by atoms with van der Waals surface area (Å²) in [4.78, 5) is 10.4. The predicted molar refractivity (Wildman–Crippen MR) is 53.6 cm³/mol. The molecule has 15 heavy (non-hydrogen) atoms. The van der Waals surface area contributed by atoms with Gasteiger partial charge in [-0.1, -0.05) is 5.16 Å². The Labute approximate surface area is 86.1 Å². The number of amidine groups is 1. The van der Waals surface area contributed by atoms with E-state index in [0.29, 0.717) is 11.3 Å². The summed E-state index contributed by atoms with van der Waals surface area (Å²) in [7, 11) is 0. The molecular weight excluding hydrogens is 198 g/mol. The van der Waals surface area contributed by atoms with E-state index >= 15 is 0 Å². The summed E-state index contributed by atoms with van der Waals surface area (Å²) >= 11 is 0. The molecule has 0 aromatic heterocycles. The number of benzene rings is 1. The van der Waals surface area contributed by atoms with Gasteiger partial charge in [0.25, 0.3) is 5.91 Å². The summed E-state index contributed by atoms with van der Waals surface area (Å²) in [6, 6.07) is 6.39. The summed E-state index contributed by atoms with van der Waals surface area (Å²) in [6.45, 7) is -0.178. The Morgan fingerprint density at radius 2 is 1.93 bits per heavy atom. The van der Waals surface area contributed by atoms with Crippen LogP contribution in [0.15, 0.2) is 29.4 Å². The molecule has 0 atom stereocenters. The summed E-state index contributed by atoms with van der Waals surface area (Å²) < 4.78 is 5.02. The van der Waals surface area contributed by atoms with E-state index in [9.17, 15) is 4.79 Å². The SMILES string of the molecule is NC(=O)COc1ccc(/C(N)=N/O)cc1. The van der Waals surface area contributed by atoms with Gasteiger partial charge in [-0.15, -0.1) is 0 Å². The van der Waals surface area contributed by atoms with Crippen molar-refractivity contribution in [1.82, 2.24) is 0 Å². The number of nitrogens with zero attached hydrogens (tertiary/aromatic N) is 1. The lowest BCUT2D eigenvalue weighted by atomic mass is 10.2. The van der Waals surface area contributed by atoms with Gasteiger partial charge < -0.3 is 21.4 Å². The zero-order chi connectivity index (χ0) is 11.3. The van der Waals surface area contributed by atoms with Gasteiger partial charge in [-0.2, -0.15) is 0 Å². The monoisotopic (exact) mass is 209 g/mol. The van der Waals surface area contributed by atoms with E-state index in [2.05, 4.69) is 5.16 Å². The maximum absolute atomic E-state index is 10.4. The van der Waals surface area contributed by atoms with Crippen LogP contribution in [-0.2, 0) is 4.79 Å². The Morgan fingerprint density at radius 1 is 1.33 bits per heavy atom. The van der Waals surface area contributed by atoms with Crippen LogP contribution in [0.25, 0.3) is 0 Å². The molecule has 0 unspecified atom stereocenters. The Kier molecular flexibility index (Phi) is 3.50. The number of nitrogens with two attached hydrogens (primary N) is 2. The first kappa shape index (κ1) is 10.8. The minimum absolute atomic E-state index is 0.0106. The Balaban J connectivity index is 2.68. The van der Waals surface area contributed by atoms with E-state index in [1.165, 1.54) is 0 Å². The van der Waals surface area contributed by atoms with E-state index in [1.807, 2.05) is 0 Å². The summed E-state index contributed by atoms with van der Waals surface area (Å²) in [6.07, 6.45) is 0. The largest absolute Gasteiger partial charge is 0.484 e. The molecule has 0 aliphatic carbocycles. The van der Waals surface area contributed by atoms with E-state index in [0.717, 1.165) is 0 Å². The standard InChI is InChI=1S/C9H11N3O3/c10-8(13)5-15-7-3-1-6(2-4-7)9(11)12-14/h1-4,14H,5H2,(H2,10,13)(H2,11,12). The zero-order valence-electron chi connectivity index (χ0n) is 7.88. The first-order chi connectivity index (χ1) is 7.13. The van der Waals surface area contributed by atoms with Gasteiger partial charge in [0.05, 0.1) is 0 Å². The minimum atomic E-state index is -0.546. The number of primary amides is 1. The molecule has 0 aliphatic heterocycles. The molecule has 5 N–H and O–H groups in total. The molecule has 1 aromatic rings. The number of hydrogen-bond donors (Lipinski definition) is 3. The van der Waals surface area contributed by atoms with Crippen molar-refractivity contribution in [2.24, 2.45) is 16.6 Å². The molecule has 80 valence electrons. The van der Waals surface area contributed by atoms with Gasteiger partial charge >= 0.3 is 0 Å². The van der Waals surface area contributed by atoms with E-state index < -0.39 is 5.91 Å². The molecule has 0 bridgehead atoms. The van der Waals surface area contributed by atoms with Crippen LogP contribution in [0.5, 0.6) is 5.75 Å². The fourth-order valence-corrected chi connectivity index (χ4v) is 0.934. The lowest BCUT2D eigenvalue weighted by Gasteiger charge is -2.04. The fraction of sp³-hybridized carbons (Fsp3) is 0.111. The van der Waals surface area contributed by atoms with Crippen LogP contribution in [-0.4, -0.2) is 23.6 Å². The van der Waals surface area contributed by atoms with Crippen LogP contribution < -0.4 is 16.2 Å². The number of amides is 1. The smallest absolute Gasteiger partial charge is 0.255 e. The van der Waals surface area contributed by atoms with Crippen LogP contribution in [0.3, 0.4) is 0 Å². The highest BCUT2D eigenvalue weighted by Gasteiger charge is 2.00. The maximum Gasteiger partial charge on any atom is 0.255 e. The predicted octanol–water partition coefficient (Wildman–Crippen LogP) is -0.355. The summed E-state index contributed by atoms with van der Waals surface area (Å²) in [5.74, 6) is -0.0461. The van der Waals surface area contributed by atoms with Crippen LogP contribution >= 0.6 is 0 Å². The van der Waals surface area contributed by atoms with Gasteiger partial charge in [0.15, 0.2) is 12.4 Å². The molecule has 6 nitrogen and oxygen atoms in total. The van der Waals surface area contributed by atoms with Gasteiger partial charge in [0.1, 0.15) is 5.75 Å². The van der Waals surface area contributed by atoms with Gasteiger partial charge in [-0.3, -0.25) is 4.79 Å². The minimum Gasteiger partial charge on any atom is -0.484 e. The zero-order valence-corrected chi connectivity index (χ0v) is 7.88. The molecule has 1 rings (SSSR count). The second kappa shape index (κ2) is 4.85. The number of carbonyl (C=O) groups excluding carboxylic acids is 1. The third-order valence-corrected chi connectivity index (χ3v) is 1.64. The third kappa shape index (κ3) is 3.18. The van der Waals surface area contributed by atoms with Gasteiger partial charge in [0, 0.05) is 5.56 Å². The van der Waals surface area contributed by atoms with Crippen molar-refractivity contribution in [3.63, 3.8) is 0 Å².